The van der Waals surface area contributed by atoms with Gasteiger partial charge < -0.3 is 19.7 Å². The Balaban J connectivity index is 1.51. The monoisotopic (exact) mass is 314 g/mol. The number of pyridine rings is 1. The number of aliphatic hydroxyl groups is 1. The molecule has 1 saturated heterocycles. The van der Waals surface area contributed by atoms with Crippen LogP contribution in [0.5, 0.6) is 0 Å². The molecule has 0 aliphatic carbocycles. The second-order valence-electron chi connectivity index (χ2n) is 5.99. The van der Waals surface area contributed by atoms with Crippen molar-refractivity contribution >= 4 is 5.91 Å². The van der Waals surface area contributed by atoms with E-state index in [1.807, 2.05) is 12.1 Å². The number of β-amino-alcohol motifs (C(OH)–C–C–N with tert-alkyl or cyclic N) is 1. The van der Waals surface area contributed by atoms with Gasteiger partial charge >= 0.3 is 0 Å². The first-order chi connectivity index (χ1) is 11.2. The number of nitrogens with one attached hydrogen (secondary N) is 1. The molecule has 2 aliphatic rings. The molecule has 0 aromatic carbocycles. The zero-order valence-electron chi connectivity index (χ0n) is 12.6. The smallest absolute Gasteiger partial charge is 0.240 e. The SMILES string of the molecule is O=C([C@H]1C[C@@H](O)CN1)N1CCc2oc(-c3cccnc3)nc2C1. The lowest BCUT2D eigenvalue weighted by molar-refractivity contribution is -0.134. The Morgan fingerprint density at radius 3 is 3.13 bits per heavy atom. The average molecular weight is 314 g/mol. The average Bonchev–Trinajstić information content (AvgIpc) is 3.20. The van der Waals surface area contributed by atoms with Gasteiger partial charge in [0, 0.05) is 31.9 Å². The number of aromatic nitrogens is 2. The van der Waals surface area contributed by atoms with E-state index < -0.39 is 6.10 Å². The first-order valence-electron chi connectivity index (χ1n) is 7.80. The topological polar surface area (TPSA) is 91.5 Å². The standard InChI is InChI=1S/C16H18N4O3/c21-11-6-12(18-8-11)16(22)20-5-3-14-13(9-20)19-15(23-14)10-2-1-4-17-7-10/h1-2,4,7,11-12,18,21H,3,5-6,8-9H2/t11-,12-/m1/s1. The summed E-state index contributed by atoms with van der Waals surface area (Å²) >= 11 is 0. The number of aliphatic hydroxyl groups excluding tert-OH is 1. The van der Waals surface area contributed by atoms with Crippen molar-refractivity contribution in [2.45, 2.75) is 31.5 Å². The van der Waals surface area contributed by atoms with Crippen molar-refractivity contribution in [3.05, 3.63) is 36.0 Å². The molecule has 2 aromatic heterocycles. The van der Waals surface area contributed by atoms with E-state index in [0.717, 1.165) is 17.0 Å². The fourth-order valence-corrected chi connectivity index (χ4v) is 3.12. The van der Waals surface area contributed by atoms with Crippen LogP contribution in [0.4, 0.5) is 0 Å². The minimum absolute atomic E-state index is 0.0260. The largest absolute Gasteiger partial charge is 0.441 e. The maximum absolute atomic E-state index is 12.5. The summed E-state index contributed by atoms with van der Waals surface area (Å²) < 4.78 is 5.82. The van der Waals surface area contributed by atoms with Crippen LogP contribution in [0.1, 0.15) is 17.9 Å². The number of oxazole rings is 1. The van der Waals surface area contributed by atoms with Crippen molar-refractivity contribution in [2.24, 2.45) is 0 Å². The normalized spacial score (nSPS) is 23.8. The van der Waals surface area contributed by atoms with Crippen molar-refractivity contribution in [2.75, 3.05) is 13.1 Å². The van der Waals surface area contributed by atoms with E-state index in [4.69, 9.17) is 4.42 Å². The zero-order valence-corrected chi connectivity index (χ0v) is 12.6. The maximum atomic E-state index is 12.5. The number of carbonyl (C=O) groups is 1. The predicted molar refractivity (Wildman–Crippen MR) is 81.3 cm³/mol. The van der Waals surface area contributed by atoms with E-state index in [1.54, 1.807) is 17.3 Å². The summed E-state index contributed by atoms with van der Waals surface area (Å²) in [6.07, 6.45) is 4.11. The van der Waals surface area contributed by atoms with Gasteiger partial charge in [-0.2, -0.15) is 0 Å². The van der Waals surface area contributed by atoms with Crippen LogP contribution in [0.25, 0.3) is 11.5 Å². The third-order valence-electron chi connectivity index (χ3n) is 4.35. The molecule has 7 nitrogen and oxygen atoms in total. The van der Waals surface area contributed by atoms with Gasteiger partial charge in [-0.25, -0.2) is 4.98 Å². The van der Waals surface area contributed by atoms with Gasteiger partial charge in [0.05, 0.1) is 24.3 Å². The maximum Gasteiger partial charge on any atom is 0.240 e. The molecule has 120 valence electrons. The predicted octanol–water partition coefficient (Wildman–Crippen LogP) is 0.344. The molecule has 0 unspecified atom stereocenters. The summed E-state index contributed by atoms with van der Waals surface area (Å²) in [6, 6.07) is 3.44. The van der Waals surface area contributed by atoms with Crippen molar-refractivity contribution in [3.63, 3.8) is 0 Å². The second kappa shape index (κ2) is 5.75. The van der Waals surface area contributed by atoms with E-state index in [1.165, 1.54) is 0 Å². The molecule has 2 atom stereocenters. The van der Waals surface area contributed by atoms with E-state index in [0.29, 0.717) is 38.4 Å². The number of nitrogens with zero attached hydrogens (tertiary/aromatic N) is 3. The molecular weight excluding hydrogens is 296 g/mol. The molecular formula is C16H18N4O3. The van der Waals surface area contributed by atoms with Crippen LogP contribution in [0.3, 0.4) is 0 Å². The van der Waals surface area contributed by atoms with Gasteiger partial charge in [-0.15, -0.1) is 0 Å². The van der Waals surface area contributed by atoms with E-state index >= 15 is 0 Å². The van der Waals surface area contributed by atoms with Crippen LogP contribution < -0.4 is 5.32 Å². The number of fused-ring (bicyclic) bond motifs is 1. The van der Waals surface area contributed by atoms with Crippen LogP contribution >= 0.6 is 0 Å². The molecule has 1 fully saturated rings. The molecule has 0 radical (unpaired) electrons. The third kappa shape index (κ3) is 2.73. The Hall–Kier alpha value is -2.25. The molecule has 0 saturated carbocycles. The highest BCUT2D eigenvalue weighted by Gasteiger charge is 2.34. The van der Waals surface area contributed by atoms with Crippen LogP contribution in [0, 0.1) is 0 Å². The Labute approximate surface area is 133 Å². The molecule has 4 rings (SSSR count). The molecule has 0 bridgehead atoms. The lowest BCUT2D eigenvalue weighted by Gasteiger charge is -2.27. The summed E-state index contributed by atoms with van der Waals surface area (Å²) in [5, 5.41) is 12.6. The molecule has 1 amide bonds. The van der Waals surface area contributed by atoms with Crippen molar-refractivity contribution in [3.8, 4) is 11.5 Å². The lowest BCUT2D eigenvalue weighted by atomic mass is 10.1. The second-order valence-corrected chi connectivity index (χ2v) is 5.99. The van der Waals surface area contributed by atoms with Crippen LogP contribution in [0.2, 0.25) is 0 Å². The lowest BCUT2D eigenvalue weighted by Crippen LogP contribution is -2.45. The van der Waals surface area contributed by atoms with Gasteiger partial charge in [-0.1, -0.05) is 0 Å². The van der Waals surface area contributed by atoms with Gasteiger partial charge in [0.15, 0.2) is 0 Å². The molecule has 23 heavy (non-hydrogen) atoms. The minimum atomic E-state index is -0.437. The number of carbonyl (C=O) groups excluding carboxylic acids is 1. The molecule has 2 aliphatic heterocycles. The Morgan fingerprint density at radius 1 is 1.48 bits per heavy atom. The summed E-state index contributed by atoms with van der Waals surface area (Å²) in [4.78, 5) is 22.9. The van der Waals surface area contributed by atoms with Crippen molar-refractivity contribution < 1.29 is 14.3 Å². The van der Waals surface area contributed by atoms with Gasteiger partial charge in [-0.05, 0) is 18.6 Å². The highest BCUT2D eigenvalue weighted by atomic mass is 16.4. The van der Waals surface area contributed by atoms with E-state index in [9.17, 15) is 9.90 Å². The van der Waals surface area contributed by atoms with Crippen molar-refractivity contribution in [1.29, 1.82) is 0 Å². The van der Waals surface area contributed by atoms with Crippen molar-refractivity contribution in [1.82, 2.24) is 20.2 Å². The summed E-state index contributed by atoms with van der Waals surface area (Å²) in [6.45, 7) is 1.54. The Morgan fingerprint density at radius 2 is 2.39 bits per heavy atom. The van der Waals surface area contributed by atoms with Crippen LogP contribution in [-0.2, 0) is 17.8 Å². The number of amides is 1. The highest BCUT2D eigenvalue weighted by Crippen LogP contribution is 2.26. The Kier molecular flexibility index (Phi) is 3.59. The van der Waals surface area contributed by atoms with Crippen LogP contribution in [0.15, 0.2) is 28.9 Å². The van der Waals surface area contributed by atoms with Gasteiger partial charge in [0.1, 0.15) is 11.5 Å². The summed E-state index contributed by atoms with van der Waals surface area (Å²) in [5.41, 5.74) is 1.64. The molecule has 7 heteroatoms. The molecule has 2 N–H and O–H groups in total. The van der Waals surface area contributed by atoms with E-state index in [-0.39, 0.29) is 11.9 Å². The molecule has 4 heterocycles. The highest BCUT2D eigenvalue weighted by molar-refractivity contribution is 5.82. The third-order valence-corrected chi connectivity index (χ3v) is 4.35. The molecule has 2 aromatic rings. The number of rotatable bonds is 2. The van der Waals surface area contributed by atoms with Gasteiger partial charge in [-0.3, -0.25) is 9.78 Å². The number of hydrogen-bond donors (Lipinski definition) is 2. The summed E-state index contributed by atoms with van der Waals surface area (Å²) in [7, 11) is 0. The quantitative estimate of drug-likeness (QED) is 0.831. The van der Waals surface area contributed by atoms with Crippen LogP contribution in [-0.4, -0.2) is 51.1 Å². The first-order valence-corrected chi connectivity index (χ1v) is 7.80. The van der Waals surface area contributed by atoms with Gasteiger partial charge in [0.25, 0.3) is 0 Å². The first kappa shape index (κ1) is 14.3. The van der Waals surface area contributed by atoms with E-state index in [2.05, 4.69) is 15.3 Å². The fraction of sp³-hybridized carbons (Fsp3) is 0.438. The Bertz CT molecular complexity index is 715. The fourth-order valence-electron chi connectivity index (χ4n) is 3.12. The number of hydrogen-bond acceptors (Lipinski definition) is 6. The summed E-state index contributed by atoms with van der Waals surface area (Å²) in [5.74, 6) is 1.41. The minimum Gasteiger partial charge on any atom is -0.441 e. The zero-order chi connectivity index (χ0) is 15.8. The molecule has 0 spiro atoms. The van der Waals surface area contributed by atoms with Gasteiger partial charge in [0.2, 0.25) is 11.8 Å².